The summed E-state index contributed by atoms with van der Waals surface area (Å²) in [6.45, 7) is 24.5. The summed E-state index contributed by atoms with van der Waals surface area (Å²) in [4.78, 5) is 120. The minimum absolute atomic E-state index is 0.00186. The Balaban J connectivity index is 2.18. The average molecular weight is 1330 g/mol. The van der Waals surface area contributed by atoms with Gasteiger partial charge in [0, 0.05) is 96.1 Å². The Kier molecular flexibility index (Phi) is 35.8. The van der Waals surface area contributed by atoms with Crippen LogP contribution in [0.15, 0.2) is 103 Å². The zero-order valence-corrected chi connectivity index (χ0v) is 58.1. The van der Waals surface area contributed by atoms with E-state index in [9.17, 15) is 43.2 Å². The fourth-order valence-electron chi connectivity index (χ4n) is 10.3. The first-order valence-corrected chi connectivity index (χ1v) is 33.7. The quantitative estimate of drug-likeness (QED) is 0.0131. The molecule has 0 aliphatic carbocycles. The summed E-state index contributed by atoms with van der Waals surface area (Å²) in [5.74, 6) is -2.61. The first kappa shape index (κ1) is 79.5. The van der Waals surface area contributed by atoms with Gasteiger partial charge in [0.2, 0.25) is 0 Å². The predicted octanol–water partition coefficient (Wildman–Crippen LogP) is 15.2. The Morgan fingerprint density at radius 1 is 0.354 bits per heavy atom. The molecule has 0 radical (unpaired) electrons. The highest BCUT2D eigenvalue weighted by molar-refractivity contribution is 5.99. The molecule has 0 fully saturated rings. The van der Waals surface area contributed by atoms with Gasteiger partial charge in [-0.25, -0.2) is 24.0 Å². The molecule has 4 aromatic rings. The number of carbonyl (C=O) groups excluding carboxylic acids is 9. The van der Waals surface area contributed by atoms with Crippen LogP contribution in [0.5, 0.6) is 23.0 Å². The number of ether oxygens (including phenoxy) is 9. The minimum Gasteiger partial charge on any atom is -0.490 e. The molecular formula is C78H100O18. The number of carbonyl (C=O) groups is 9. The van der Waals surface area contributed by atoms with Crippen molar-refractivity contribution in [2.75, 3.05) is 60.0 Å². The van der Waals surface area contributed by atoms with Gasteiger partial charge in [0.1, 0.15) is 75.9 Å². The lowest BCUT2D eigenvalue weighted by Gasteiger charge is -2.23. The summed E-state index contributed by atoms with van der Waals surface area (Å²) in [5, 5.41) is 0. The summed E-state index contributed by atoms with van der Waals surface area (Å²) in [6.07, 6.45) is 12.6. The van der Waals surface area contributed by atoms with E-state index in [1.807, 2.05) is 26.8 Å². The van der Waals surface area contributed by atoms with Crippen molar-refractivity contribution in [2.45, 2.75) is 184 Å². The molecule has 0 unspecified atom stereocenters. The molecule has 0 saturated carbocycles. The first-order valence-electron chi connectivity index (χ1n) is 33.7. The minimum atomic E-state index is -0.852. The van der Waals surface area contributed by atoms with Gasteiger partial charge in [-0.3, -0.25) is 19.2 Å². The van der Waals surface area contributed by atoms with Crippen LogP contribution in [-0.2, 0) is 73.3 Å². The third kappa shape index (κ3) is 27.1. The lowest BCUT2D eigenvalue weighted by Crippen LogP contribution is -2.16. The van der Waals surface area contributed by atoms with Gasteiger partial charge < -0.3 is 42.6 Å². The van der Waals surface area contributed by atoms with Gasteiger partial charge in [-0.15, -0.1) is 0 Å². The van der Waals surface area contributed by atoms with Crippen molar-refractivity contribution >= 4 is 53.0 Å². The molecule has 0 spiro atoms. The second-order valence-electron chi connectivity index (χ2n) is 23.8. The molecule has 0 aliphatic rings. The third-order valence-corrected chi connectivity index (χ3v) is 15.5. The van der Waals surface area contributed by atoms with Gasteiger partial charge in [-0.05, 0) is 146 Å². The molecule has 4 rings (SSSR count). The average Bonchev–Trinajstić information content (AvgIpc) is 0.802. The highest BCUT2D eigenvalue weighted by atomic mass is 16.6. The van der Waals surface area contributed by atoms with Crippen LogP contribution in [0, 0.1) is 0 Å². The molecule has 0 aromatic heterocycles. The molecule has 0 aliphatic heterocycles. The Morgan fingerprint density at radius 3 is 1.00 bits per heavy atom. The van der Waals surface area contributed by atoms with Crippen LogP contribution in [-0.4, -0.2) is 113 Å². The molecule has 0 heterocycles. The van der Waals surface area contributed by atoms with Gasteiger partial charge in [-0.2, -0.15) is 0 Å². The highest BCUT2D eigenvalue weighted by Gasteiger charge is 2.26. The van der Waals surface area contributed by atoms with Crippen molar-refractivity contribution in [3.63, 3.8) is 0 Å². The van der Waals surface area contributed by atoms with Gasteiger partial charge in [0.05, 0.1) is 7.11 Å². The summed E-state index contributed by atoms with van der Waals surface area (Å²) < 4.78 is 53.0. The molecular weight excluding hydrogens is 1220 g/mol. The number of hydrogen-bond acceptors (Lipinski definition) is 18. The molecule has 0 saturated heterocycles. The van der Waals surface area contributed by atoms with E-state index < -0.39 is 29.8 Å². The summed E-state index contributed by atoms with van der Waals surface area (Å²) >= 11 is 0. The lowest BCUT2D eigenvalue weighted by atomic mass is 9.88. The monoisotopic (exact) mass is 1320 g/mol. The molecule has 520 valence electrons. The number of unbranched alkanes of at least 4 members (excludes halogenated alkanes) is 8. The van der Waals surface area contributed by atoms with E-state index in [2.05, 4.69) is 38.3 Å². The fourth-order valence-corrected chi connectivity index (χ4v) is 10.3. The Labute approximate surface area is 567 Å². The molecule has 0 atom stereocenters. The van der Waals surface area contributed by atoms with E-state index in [-0.39, 0.29) is 136 Å². The first-order chi connectivity index (χ1) is 46.1. The Morgan fingerprint density at radius 2 is 0.656 bits per heavy atom. The fraction of sp³-hybridized carbons (Fsp3) is 0.474. The van der Waals surface area contributed by atoms with Gasteiger partial charge in [-0.1, -0.05) is 106 Å². The molecule has 4 aromatic carbocycles. The van der Waals surface area contributed by atoms with Crippen molar-refractivity contribution in [3.05, 3.63) is 164 Å². The van der Waals surface area contributed by atoms with Crippen molar-refractivity contribution in [3.8, 4) is 23.0 Å². The number of rotatable bonds is 48. The smallest absolute Gasteiger partial charge is 0.333 e. The van der Waals surface area contributed by atoms with Crippen molar-refractivity contribution in [2.24, 2.45) is 0 Å². The molecule has 18 nitrogen and oxygen atoms in total. The van der Waals surface area contributed by atoms with E-state index in [4.69, 9.17) is 37.9 Å². The molecule has 0 bridgehead atoms. The standard InChI is InChI=1S/C78H100O18/c1-13-18-22-26-66(79)56-30-31-70(89-34-39-94-76(85)52(6)7)60(43-56)49-61-45-58(68(81)28-24-20-15-3)46-64(74(61)92-36-35-90-72(84)33-32-71(83)88-12)51-65-48-59(69(82)29-25-21-16-4)47-63(75(65)93-38-41-96-78(87)54(10)11)50-62-44-57(67(80)27-23-19-14-2)42-55(17-5)73(62)91-37-40-95-77(86)53(8)9/h30-33,42-48H,6,8,10,13-29,34-41,49-51H2,1-5,7,9,11-12H3/b33-32-. The SMILES string of the molecule is C=C(C)C(=O)OCCOc1ccc(C(=O)CCCCC)cc1Cc1cc(C(=O)CCCCC)cc(Cc2cc(C(=O)CCCCC)cc(Cc3cc(C(=O)CCCCC)cc(CC)c3OCCOC(=O)C(=C)C)c2OCCOC(=O)C(=C)C)c1OCCOC(=O)/C=C\C(=O)OC. The van der Waals surface area contributed by atoms with Gasteiger partial charge >= 0.3 is 29.8 Å². The zero-order valence-electron chi connectivity index (χ0n) is 58.1. The number of Topliss-reactive ketones (excluding diaryl/α,β-unsaturated/α-hetero) is 4. The number of benzene rings is 4. The van der Waals surface area contributed by atoms with Crippen LogP contribution in [0.25, 0.3) is 0 Å². The number of methoxy groups -OCH3 is 1. The van der Waals surface area contributed by atoms with Crippen molar-refractivity contribution in [1.29, 1.82) is 0 Å². The summed E-state index contributed by atoms with van der Waals surface area (Å²) in [7, 11) is 1.17. The lowest BCUT2D eigenvalue weighted by molar-refractivity contribution is -0.140. The van der Waals surface area contributed by atoms with E-state index in [1.165, 1.54) is 21.0 Å². The van der Waals surface area contributed by atoms with E-state index in [1.54, 1.807) is 55.5 Å². The van der Waals surface area contributed by atoms with Crippen LogP contribution < -0.4 is 18.9 Å². The topological polar surface area (TPSA) is 237 Å². The van der Waals surface area contributed by atoms with E-state index in [0.717, 1.165) is 63.5 Å². The van der Waals surface area contributed by atoms with E-state index >= 15 is 0 Å². The highest BCUT2D eigenvalue weighted by Crippen LogP contribution is 2.40. The summed E-state index contributed by atoms with van der Waals surface area (Å²) in [6, 6.07) is 15.7. The Bertz CT molecular complexity index is 3400. The molecule has 96 heavy (non-hydrogen) atoms. The normalized spacial score (nSPS) is 10.9. The van der Waals surface area contributed by atoms with Crippen LogP contribution in [0.1, 0.15) is 238 Å². The Hall–Kier alpha value is -8.93. The summed E-state index contributed by atoms with van der Waals surface area (Å²) in [5.41, 5.74) is 5.80. The largest absolute Gasteiger partial charge is 0.490 e. The van der Waals surface area contributed by atoms with Crippen LogP contribution >= 0.6 is 0 Å². The second-order valence-corrected chi connectivity index (χ2v) is 23.8. The van der Waals surface area contributed by atoms with E-state index in [0.29, 0.717) is 118 Å². The third-order valence-electron chi connectivity index (χ3n) is 15.5. The van der Waals surface area contributed by atoms with Crippen molar-refractivity contribution in [1.82, 2.24) is 0 Å². The van der Waals surface area contributed by atoms with Crippen molar-refractivity contribution < 1.29 is 85.8 Å². The number of esters is 5. The molecule has 0 amide bonds. The van der Waals surface area contributed by atoms with Gasteiger partial charge in [0.25, 0.3) is 0 Å². The maximum atomic E-state index is 14.8. The van der Waals surface area contributed by atoms with Gasteiger partial charge in [0.15, 0.2) is 23.1 Å². The van der Waals surface area contributed by atoms with Crippen LogP contribution in [0.2, 0.25) is 0 Å². The number of hydrogen-bond donors (Lipinski definition) is 0. The maximum absolute atomic E-state index is 14.8. The molecule has 0 N–H and O–H groups in total. The zero-order chi connectivity index (χ0) is 70.5. The molecule has 18 heteroatoms. The predicted molar refractivity (Wildman–Crippen MR) is 369 cm³/mol. The number of ketones is 4. The maximum Gasteiger partial charge on any atom is 0.333 e. The van der Waals surface area contributed by atoms with Crippen LogP contribution in [0.4, 0.5) is 0 Å². The second kappa shape index (κ2) is 43.2. The van der Waals surface area contributed by atoms with Crippen LogP contribution in [0.3, 0.4) is 0 Å². The number of aryl methyl sites for hydroxylation is 1.